The molecule has 4 rings (SSSR count). The van der Waals surface area contributed by atoms with E-state index in [9.17, 15) is 4.79 Å². The number of hydrogen-bond acceptors (Lipinski definition) is 3. The number of carbonyl (C=O) groups excluding carboxylic acids is 1. The molecule has 31 heavy (non-hydrogen) atoms. The van der Waals surface area contributed by atoms with Gasteiger partial charge in [0.05, 0.1) is 17.6 Å². The van der Waals surface area contributed by atoms with E-state index in [1.807, 2.05) is 23.1 Å². The van der Waals surface area contributed by atoms with Gasteiger partial charge in [0.2, 0.25) is 5.91 Å². The van der Waals surface area contributed by atoms with Crippen LogP contribution in [0.15, 0.2) is 48.5 Å². The Bertz CT molecular complexity index is 1010. The number of nitrogens with zero attached hydrogens (tertiary/aromatic N) is 3. The fourth-order valence-corrected chi connectivity index (χ4v) is 4.35. The number of ether oxygens (including phenoxy) is 1. The number of unbranched alkanes of at least 4 members (excludes halogenated alkanes) is 2. The largest absolute Gasteiger partial charge is 0.494 e. The summed E-state index contributed by atoms with van der Waals surface area (Å²) in [7, 11) is 0. The number of aromatic nitrogens is 2. The minimum absolute atomic E-state index is 0.181. The maximum Gasteiger partial charge on any atom is 0.223 e. The maximum atomic E-state index is 12.5. The lowest BCUT2D eigenvalue weighted by Crippen LogP contribution is -2.26. The fourth-order valence-electron chi connectivity index (χ4n) is 4.35. The first-order chi connectivity index (χ1) is 15.2. The van der Waals surface area contributed by atoms with Crippen molar-refractivity contribution in [2.75, 3.05) is 19.7 Å². The first-order valence-corrected chi connectivity index (χ1v) is 11.6. The predicted molar refractivity (Wildman–Crippen MR) is 124 cm³/mol. The highest BCUT2D eigenvalue weighted by atomic mass is 16.5. The highest BCUT2D eigenvalue weighted by Gasteiger charge is 2.33. The summed E-state index contributed by atoms with van der Waals surface area (Å²) in [6.45, 7) is 7.50. The molecular formula is C26H33N3O2. The molecule has 1 aliphatic heterocycles. The van der Waals surface area contributed by atoms with E-state index >= 15 is 0 Å². The Morgan fingerprint density at radius 2 is 1.84 bits per heavy atom. The zero-order valence-corrected chi connectivity index (χ0v) is 18.7. The zero-order chi connectivity index (χ0) is 21.6. The van der Waals surface area contributed by atoms with Crippen molar-refractivity contribution in [3.8, 4) is 5.75 Å². The van der Waals surface area contributed by atoms with Gasteiger partial charge in [-0.25, -0.2) is 4.98 Å². The molecule has 5 nitrogen and oxygen atoms in total. The van der Waals surface area contributed by atoms with Gasteiger partial charge in [0.15, 0.2) is 0 Å². The smallest absolute Gasteiger partial charge is 0.223 e. The molecule has 164 valence electrons. The third kappa shape index (κ3) is 5.09. The van der Waals surface area contributed by atoms with Gasteiger partial charge in [0.1, 0.15) is 11.6 Å². The van der Waals surface area contributed by atoms with Gasteiger partial charge in [-0.3, -0.25) is 4.79 Å². The molecule has 1 aliphatic rings. The topological polar surface area (TPSA) is 47.4 Å². The predicted octanol–water partition coefficient (Wildman–Crippen LogP) is 5.32. The van der Waals surface area contributed by atoms with Gasteiger partial charge in [-0.2, -0.15) is 0 Å². The minimum atomic E-state index is 0.181. The summed E-state index contributed by atoms with van der Waals surface area (Å²) < 4.78 is 8.22. The van der Waals surface area contributed by atoms with Crippen LogP contribution in [0, 0.1) is 6.92 Å². The van der Waals surface area contributed by atoms with Gasteiger partial charge in [-0.05, 0) is 50.5 Å². The Kier molecular flexibility index (Phi) is 6.90. The molecule has 1 aromatic heterocycles. The summed E-state index contributed by atoms with van der Waals surface area (Å²) in [6.07, 6.45) is 4.74. The Morgan fingerprint density at radius 3 is 2.65 bits per heavy atom. The second kappa shape index (κ2) is 9.99. The summed E-state index contributed by atoms with van der Waals surface area (Å²) in [6, 6.07) is 16.5. The molecule has 0 unspecified atom stereocenters. The standard InChI is InChI=1S/C26H33N3O2/c1-3-4-15-28-19-21(18-25(28)30)26-27-23-9-5-6-10-24(23)29(26)16-7-8-17-31-22-13-11-20(2)12-14-22/h5-6,9-14,21H,3-4,7-8,15-19H2,1-2H3/t21-/m0/s1. The molecule has 0 radical (unpaired) electrons. The van der Waals surface area contributed by atoms with Gasteiger partial charge in [-0.15, -0.1) is 0 Å². The monoisotopic (exact) mass is 419 g/mol. The van der Waals surface area contributed by atoms with E-state index in [0.29, 0.717) is 13.0 Å². The van der Waals surface area contributed by atoms with Crippen LogP contribution in [0.1, 0.15) is 56.3 Å². The Balaban J connectivity index is 1.41. The van der Waals surface area contributed by atoms with Gasteiger partial charge in [0.25, 0.3) is 0 Å². The highest BCUT2D eigenvalue weighted by molar-refractivity contribution is 5.80. The number of fused-ring (bicyclic) bond motifs is 1. The number of hydrogen-bond donors (Lipinski definition) is 0. The van der Waals surface area contributed by atoms with Crippen LogP contribution in [0.25, 0.3) is 11.0 Å². The van der Waals surface area contributed by atoms with Gasteiger partial charge in [0, 0.05) is 32.0 Å². The second-order valence-corrected chi connectivity index (χ2v) is 8.57. The molecule has 0 spiro atoms. The van der Waals surface area contributed by atoms with E-state index in [2.05, 4.69) is 48.7 Å². The number of likely N-dealkylation sites (tertiary alicyclic amines) is 1. The molecule has 1 amide bonds. The highest BCUT2D eigenvalue weighted by Crippen LogP contribution is 2.31. The van der Waals surface area contributed by atoms with Crippen molar-refractivity contribution in [1.82, 2.24) is 14.5 Å². The van der Waals surface area contributed by atoms with Gasteiger partial charge in [-0.1, -0.05) is 43.2 Å². The third-order valence-electron chi connectivity index (χ3n) is 6.11. The van der Waals surface area contributed by atoms with Crippen molar-refractivity contribution in [3.63, 3.8) is 0 Å². The first-order valence-electron chi connectivity index (χ1n) is 11.6. The minimum Gasteiger partial charge on any atom is -0.494 e. The molecule has 1 fully saturated rings. The molecule has 0 aliphatic carbocycles. The molecule has 5 heteroatoms. The van der Waals surface area contributed by atoms with Crippen LogP contribution in [0.4, 0.5) is 0 Å². The van der Waals surface area contributed by atoms with Gasteiger partial charge < -0.3 is 14.2 Å². The van der Waals surface area contributed by atoms with E-state index in [0.717, 1.165) is 67.9 Å². The van der Waals surface area contributed by atoms with Crippen molar-refractivity contribution in [2.45, 2.75) is 58.4 Å². The van der Waals surface area contributed by atoms with Crippen LogP contribution in [0.3, 0.4) is 0 Å². The van der Waals surface area contributed by atoms with Crippen LogP contribution in [-0.4, -0.2) is 40.1 Å². The normalized spacial score (nSPS) is 16.4. The summed E-state index contributed by atoms with van der Waals surface area (Å²) in [5.41, 5.74) is 3.43. The van der Waals surface area contributed by atoms with Crippen molar-refractivity contribution in [2.24, 2.45) is 0 Å². The van der Waals surface area contributed by atoms with Crippen molar-refractivity contribution in [1.29, 1.82) is 0 Å². The molecule has 2 aromatic carbocycles. The Labute approximate surface area is 185 Å². The molecule has 1 atom stereocenters. The van der Waals surface area contributed by atoms with E-state index < -0.39 is 0 Å². The fraction of sp³-hybridized carbons (Fsp3) is 0.462. The molecule has 2 heterocycles. The van der Waals surface area contributed by atoms with Crippen molar-refractivity contribution < 1.29 is 9.53 Å². The van der Waals surface area contributed by atoms with Crippen LogP contribution >= 0.6 is 0 Å². The van der Waals surface area contributed by atoms with Crippen molar-refractivity contribution in [3.05, 3.63) is 59.9 Å². The quantitative estimate of drug-likeness (QED) is 0.418. The molecule has 1 saturated heterocycles. The number of para-hydroxylation sites is 2. The summed E-state index contributed by atoms with van der Waals surface area (Å²) in [5.74, 6) is 2.44. The van der Waals surface area contributed by atoms with Crippen LogP contribution < -0.4 is 4.74 Å². The summed E-state index contributed by atoms with van der Waals surface area (Å²) >= 11 is 0. The number of aryl methyl sites for hydroxylation is 2. The van der Waals surface area contributed by atoms with E-state index in [1.54, 1.807) is 0 Å². The lowest BCUT2D eigenvalue weighted by molar-refractivity contribution is -0.127. The second-order valence-electron chi connectivity index (χ2n) is 8.57. The van der Waals surface area contributed by atoms with Gasteiger partial charge >= 0.3 is 0 Å². The zero-order valence-electron chi connectivity index (χ0n) is 18.7. The molecule has 0 N–H and O–H groups in total. The molecule has 0 bridgehead atoms. The maximum absolute atomic E-state index is 12.5. The number of amides is 1. The molecule has 3 aromatic rings. The SMILES string of the molecule is CCCCN1C[C@@H](c2nc3ccccc3n2CCCCOc2ccc(C)cc2)CC1=O. The average molecular weight is 420 g/mol. The van der Waals surface area contributed by atoms with Crippen LogP contribution in [0.2, 0.25) is 0 Å². The Morgan fingerprint density at radius 1 is 1.03 bits per heavy atom. The van der Waals surface area contributed by atoms with E-state index in [1.165, 1.54) is 5.56 Å². The summed E-state index contributed by atoms with van der Waals surface area (Å²) in [4.78, 5) is 19.5. The van der Waals surface area contributed by atoms with Crippen LogP contribution in [0.5, 0.6) is 5.75 Å². The number of carbonyl (C=O) groups is 1. The average Bonchev–Trinajstić information content (AvgIpc) is 3.33. The molecular weight excluding hydrogens is 386 g/mol. The first kappa shape index (κ1) is 21.4. The number of imidazole rings is 1. The number of rotatable bonds is 10. The van der Waals surface area contributed by atoms with Crippen LogP contribution in [-0.2, 0) is 11.3 Å². The van der Waals surface area contributed by atoms with E-state index in [-0.39, 0.29) is 11.8 Å². The summed E-state index contributed by atoms with van der Waals surface area (Å²) in [5, 5.41) is 0. The lowest BCUT2D eigenvalue weighted by atomic mass is 10.1. The third-order valence-corrected chi connectivity index (χ3v) is 6.11. The van der Waals surface area contributed by atoms with Crippen molar-refractivity contribution >= 4 is 16.9 Å². The lowest BCUT2D eigenvalue weighted by Gasteiger charge is -2.17. The van der Waals surface area contributed by atoms with E-state index in [4.69, 9.17) is 9.72 Å². The Hall–Kier alpha value is -2.82. The molecule has 0 saturated carbocycles. The number of benzene rings is 2.